The number of amides is 1. The van der Waals surface area contributed by atoms with Gasteiger partial charge < -0.3 is 10.2 Å². The molecule has 0 saturated heterocycles. The van der Waals surface area contributed by atoms with E-state index in [4.69, 9.17) is 0 Å². The summed E-state index contributed by atoms with van der Waals surface area (Å²) < 4.78 is 0. The van der Waals surface area contributed by atoms with Gasteiger partial charge in [-0.3, -0.25) is 9.59 Å². The lowest BCUT2D eigenvalue weighted by Crippen LogP contribution is -2.40. The maximum absolute atomic E-state index is 11.4. The van der Waals surface area contributed by atoms with E-state index in [-0.39, 0.29) is 18.2 Å². The number of hydrogen-bond donors (Lipinski definition) is 1. The quantitative estimate of drug-likeness (QED) is 0.637. The van der Waals surface area contributed by atoms with Crippen LogP contribution in [0.1, 0.15) is 20.3 Å². The van der Waals surface area contributed by atoms with Gasteiger partial charge in [-0.2, -0.15) is 0 Å². The molecule has 0 heterocycles. The van der Waals surface area contributed by atoms with Crippen LogP contribution in [0.4, 0.5) is 0 Å². The summed E-state index contributed by atoms with van der Waals surface area (Å²) in [5.74, 6) is 0.0115. The Kier molecular flexibility index (Phi) is 6.14. The Morgan fingerprint density at radius 2 is 2.00 bits per heavy atom. The fourth-order valence-corrected chi connectivity index (χ4v) is 1.09. The minimum atomic E-state index is -0.0143. The third-order valence-electron chi connectivity index (χ3n) is 1.59. The summed E-state index contributed by atoms with van der Waals surface area (Å²) in [6.45, 7) is 4.66. The van der Waals surface area contributed by atoms with Gasteiger partial charge in [0.1, 0.15) is 5.78 Å². The standard InChI is InChI=1S/C9H18N2O2/c1-4-5-11(7-8(2)12)9(13)6-10-3/h10H,4-7H2,1-3H3. The number of nitrogens with zero attached hydrogens (tertiary/aromatic N) is 1. The summed E-state index contributed by atoms with van der Waals surface area (Å²) in [7, 11) is 1.72. The average Bonchev–Trinajstić information content (AvgIpc) is 2.03. The average molecular weight is 186 g/mol. The van der Waals surface area contributed by atoms with Gasteiger partial charge in [0.05, 0.1) is 13.1 Å². The van der Waals surface area contributed by atoms with Crippen molar-refractivity contribution in [1.82, 2.24) is 10.2 Å². The van der Waals surface area contributed by atoms with E-state index in [0.29, 0.717) is 13.1 Å². The Morgan fingerprint density at radius 3 is 2.38 bits per heavy atom. The number of likely N-dealkylation sites (N-methyl/N-ethyl adjacent to an activating group) is 1. The number of Topliss-reactive ketones (excluding diaryl/α,β-unsaturated/α-hetero) is 1. The van der Waals surface area contributed by atoms with Crippen molar-refractivity contribution in [3.63, 3.8) is 0 Å². The zero-order valence-electron chi connectivity index (χ0n) is 8.59. The molecule has 76 valence electrons. The fourth-order valence-electron chi connectivity index (χ4n) is 1.09. The zero-order chi connectivity index (χ0) is 10.3. The van der Waals surface area contributed by atoms with E-state index in [0.717, 1.165) is 6.42 Å². The summed E-state index contributed by atoms with van der Waals surface area (Å²) in [5.41, 5.74) is 0. The normalized spacial score (nSPS) is 9.77. The molecule has 0 aromatic carbocycles. The van der Waals surface area contributed by atoms with Crippen LogP contribution in [0.15, 0.2) is 0 Å². The van der Waals surface area contributed by atoms with Crippen LogP contribution in [0, 0.1) is 0 Å². The van der Waals surface area contributed by atoms with Gasteiger partial charge in [-0.05, 0) is 20.4 Å². The zero-order valence-corrected chi connectivity index (χ0v) is 8.59. The van der Waals surface area contributed by atoms with Crippen LogP contribution in [-0.2, 0) is 9.59 Å². The van der Waals surface area contributed by atoms with Gasteiger partial charge in [0.15, 0.2) is 0 Å². The Balaban J connectivity index is 4.06. The van der Waals surface area contributed by atoms with Crippen LogP contribution in [0.5, 0.6) is 0 Å². The van der Waals surface area contributed by atoms with Gasteiger partial charge >= 0.3 is 0 Å². The lowest BCUT2D eigenvalue weighted by atomic mass is 10.3. The number of carbonyl (C=O) groups excluding carboxylic acids is 2. The Hall–Kier alpha value is -0.900. The highest BCUT2D eigenvalue weighted by Crippen LogP contribution is 1.92. The Labute approximate surface area is 79.3 Å². The first-order valence-corrected chi connectivity index (χ1v) is 4.53. The molecule has 0 bridgehead atoms. The SMILES string of the molecule is CCCN(CC(C)=O)C(=O)CNC. The van der Waals surface area contributed by atoms with E-state index in [9.17, 15) is 9.59 Å². The largest absolute Gasteiger partial charge is 0.334 e. The number of hydrogen-bond acceptors (Lipinski definition) is 3. The number of nitrogens with one attached hydrogen (secondary N) is 1. The molecular formula is C9H18N2O2. The smallest absolute Gasteiger partial charge is 0.236 e. The molecule has 0 unspecified atom stereocenters. The van der Waals surface area contributed by atoms with Crippen molar-refractivity contribution in [2.24, 2.45) is 0 Å². The molecule has 0 spiro atoms. The van der Waals surface area contributed by atoms with Crippen LogP contribution >= 0.6 is 0 Å². The van der Waals surface area contributed by atoms with Crippen molar-refractivity contribution in [2.75, 3.05) is 26.7 Å². The van der Waals surface area contributed by atoms with Crippen molar-refractivity contribution in [3.05, 3.63) is 0 Å². The maximum Gasteiger partial charge on any atom is 0.236 e. The van der Waals surface area contributed by atoms with E-state index < -0.39 is 0 Å². The van der Waals surface area contributed by atoms with Gasteiger partial charge in [-0.1, -0.05) is 6.92 Å². The van der Waals surface area contributed by atoms with Gasteiger partial charge in [0.2, 0.25) is 5.91 Å². The minimum absolute atomic E-state index is 0.0143. The molecule has 4 heteroatoms. The number of rotatable bonds is 6. The molecule has 0 atom stereocenters. The molecule has 1 amide bonds. The third-order valence-corrected chi connectivity index (χ3v) is 1.59. The van der Waals surface area contributed by atoms with Crippen LogP contribution in [-0.4, -0.2) is 43.3 Å². The van der Waals surface area contributed by atoms with Crippen molar-refractivity contribution in [3.8, 4) is 0 Å². The molecule has 13 heavy (non-hydrogen) atoms. The first-order chi connectivity index (χ1) is 6.11. The molecule has 0 aliphatic heterocycles. The highest BCUT2D eigenvalue weighted by molar-refractivity contribution is 5.85. The number of ketones is 1. The monoisotopic (exact) mass is 186 g/mol. The summed E-state index contributed by atoms with van der Waals surface area (Å²) in [6.07, 6.45) is 0.878. The Morgan fingerprint density at radius 1 is 1.38 bits per heavy atom. The first-order valence-electron chi connectivity index (χ1n) is 4.53. The van der Waals surface area contributed by atoms with Crippen LogP contribution in [0.25, 0.3) is 0 Å². The van der Waals surface area contributed by atoms with E-state index in [1.807, 2.05) is 6.92 Å². The molecule has 4 nitrogen and oxygen atoms in total. The van der Waals surface area contributed by atoms with E-state index in [1.54, 1.807) is 11.9 Å². The number of carbonyl (C=O) groups is 2. The van der Waals surface area contributed by atoms with E-state index in [1.165, 1.54) is 6.92 Å². The maximum atomic E-state index is 11.4. The van der Waals surface area contributed by atoms with E-state index in [2.05, 4.69) is 5.32 Å². The molecule has 0 aliphatic carbocycles. The highest BCUT2D eigenvalue weighted by Gasteiger charge is 2.12. The molecule has 0 fully saturated rings. The lowest BCUT2D eigenvalue weighted by Gasteiger charge is -2.20. The van der Waals surface area contributed by atoms with Crippen molar-refractivity contribution in [2.45, 2.75) is 20.3 Å². The van der Waals surface area contributed by atoms with Gasteiger partial charge in [-0.15, -0.1) is 0 Å². The van der Waals surface area contributed by atoms with Crippen molar-refractivity contribution in [1.29, 1.82) is 0 Å². The fraction of sp³-hybridized carbons (Fsp3) is 0.778. The lowest BCUT2D eigenvalue weighted by molar-refractivity contribution is -0.134. The van der Waals surface area contributed by atoms with Crippen molar-refractivity contribution < 1.29 is 9.59 Å². The molecular weight excluding hydrogens is 168 g/mol. The second kappa shape index (κ2) is 6.60. The van der Waals surface area contributed by atoms with Crippen LogP contribution in [0.3, 0.4) is 0 Å². The van der Waals surface area contributed by atoms with Crippen LogP contribution < -0.4 is 5.32 Å². The first kappa shape index (κ1) is 12.1. The predicted octanol–water partition coefficient (Wildman–Crippen LogP) is 0.0334. The van der Waals surface area contributed by atoms with E-state index >= 15 is 0 Å². The summed E-state index contributed by atoms with van der Waals surface area (Å²) in [5, 5.41) is 2.78. The third kappa shape index (κ3) is 5.36. The van der Waals surface area contributed by atoms with Crippen LogP contribution in [0.2, 0.25) is 0 Å². The summed E-state index contributed by atoms with van der Waals surface area (Å²) >= 11 is 0. The predicted molar refractivity (Wildman–Crippen MR) is 51.5 cm³/mol. The molecule has 0 aliphatic rings. The topological polar surface area (TPSA) is 49.4 Å². The van der Waals surface area contributed by atoms with Gasteiger partial charge in [0, 0.05) is 6.54 Å². The van der Waals surface area contributed by atoms with Gasteiger partial charge in [-0.25, -0.2) is 0 Å². The summed E-state index contributed by atoms with van der Waals surface area (Å²) in [4.78, 5) is 23.8. The second-order valence-corrected chi connectivity index (χ2v) is 3.05. The molecule has 0 saturated carbocycles. The van der Waals surface area contributed by atoms with Gasteiger partial charge in [0.25, 0.3) is 0 Å². The molecule has 0 aromatic rings. The second-order valence-electron chi connectivity index (χ2n) is 3.05. The Bertz CT molecular complexity index is 180. The molecule has 0 aromatic heterocycles. The molecule has 1 N–H and O–H groups in total. The van der Waals surface area contributed by atoms with Crippen molar-refractivity contribution >= 4 is 11.7 Å². The minimum Gasteiger partial charge on any atom is -0.334 e. The molecule has 0 radical (unpaired) electrons. The molecule has 0 rings (SSSR count). The highest BCUT2D eigenvalue weighted by atomic mass is 16.2. The summed E-state index contributed by atoms with van der Waals surface area (Å²) in [6, 6.07) is 0.